The third-order valence-corrected chi connectivity index (χ3v) is 18.6. The Morgan fingerprint density at radius 2 is 1.00 bits per heavy atom. The number of carbonyl (C=O) groups excluding carboxylic acids is 11. The van der Waals surface area contributed by atoms with E-state index in [1.54, 1.807) is 74.6 Å². The molecule has 11 amide bonds. The van der Waals surface area contributed by atoms with Gasteiger partial charge in [-0.15, -0.1) is 0 Å². The summed E-state index contributed by atoms with van der Waals surface area (Å²) >= 11 is 8.17. The van der Waals surface area contributed by atoms with Crippen LogP contribution in [-0.4, -0.2) is 322 Å². The number of aromatic amines is 2. The van der Waals surface area contributed by atoms with Crippen molar-refractivity contribution in [3.8, 4) is 0 Å². The number of imidazole rings is 1. The predicted molar refractivity (Wildman–Crippen MR) is 395 cm³/mol. The van der Waals surface area contributed by atoms with E-state index in [2.05, 4.69) is 88.1 Å². The Morgan fingerprint density at radius 3 is 1.56 bits per heavy atom. The van der Waals surface area contributed by atoms with Crippen molar-refractivity contribution in [1.82, 2.24) is 87.3 Å². The maximum absolute atomic E-state index is 14.7. The molecule has 2 aliphatic heterocycles. The quantitative estimate of drug-likeness (QED) is 0.0184. The maximum Gasteiger partial charge on any atom is 0.327 e. The monoisotopic (exact) mass is 1680 g/mol. The standard InChI is InChI=1S/C69H95N17O22S2.Tc/c1-39(2)22-47(79-64(102)50(36-109)77-56(90)30-83(32-58(93)94)20-18-82(31-57(91)92)19-21-84(33-59(95)96)34-60(97)98)67(105)85-16-8-14-52(85)65(103)73-29-54(88)75-46(25-42-27-70-38-74-42)62(100)78-45(24-41-26-71-44-13-7-6-12-43(41)44)61(99)72-28-55(89)76-48(23-40-10-4-3-5-11-40)68(106)86-17-9-15-53(86)66(104)80-49(35-87)63(101)81-51(37-110)69(107)108;/h3-7,10-13,26-27,38-39,45-53,71,87,109-110H,8-9,14-25,28-37H2,1-2H3,(H,70,74)(H,72,99)(H,73,103)(H,75,88)(H,76,89)(H,77,90)(H,78,100)(H,79,102)(H,80,104)(H,81,101)(H,91,92)(H,93,94)(H,95,96)(H,97,98)(H,107,108);/t45-,46-,47-,48-,49-,50-,51-,52-,53-;/m0./s1/i;1+1. The van der Waals surface area contributed by atoms with Gasteiger partial charge in [0.15, 0.2) is 0 Å². The van der Waals surface area contributed by atoms with E-state index in [1.165, 1.54) is 27.2 Å². The summed E-state index contributed by atoms with van der Waals surface area (Å²) in [7, 11) is 0. The average Bonchev–Trinajstić information content (AvgIpc) is 1.72. The Kier molecular flexibility index (Phi) is 37.8. The van der Waals surface area contributed by atoms with Crippen molar-refractivity contribution in [1.29, 1.82) is 0 Å². The normalized spacial score (nSPS) is 15.9. The molecule has 2 fully saturated rings. The minimum absolute atomic E-state index is 0. The van der Waals surface area contributed by atoms with Crippen LogP contribution in [0.4, 0.5) is 0 Å². The molecule has 4 aromatic rings. The minimum Gasteiger partial charge on any atom is -0.480 e. The summed E-state index contributed by atoms with van der Waals surface area (Å²) in [5, 5.41) is 80.6. The summed E-state index contributed by atoms with van der Waals surface area (Å²) in [6.45, 7) is -2.88. The van der Waals surface area contributed by atoms with Gasteiger partial charge in [0.25, 0.3) is 0 Å². The van der Waals surface area contributed by atoms with Gasteiger partial charge in [0, 0.05) is 119 Å². The summed E-state index contributed by atoms with van der Waals surface area (Å²) in [4.78, 5) is 228. The number of hydrogen-bond acceptors (Lipinski definition) is 23. The van der Waals surface area contributed by atoms with E-state index >= 15 is 0 Å². The zero-order chi connectivity index (χ0) is 80.7. The van der Waals surface area contributed by atoms with Crippen molar-refractivity contribution < 1.29 is 127 Å². The third kappa shape index (κ3) is 29.9. The minimum atomic E-state index is -1.60. The van der Waals surface area contributed by atoms with Gasteiger partial charge >= 0.3 is 29.8 Å². The zero-order valence-corrected chi connectivity index (χ0v) is 64.5. The fourth-order valence-corrected chi connectivity index (χ4v) is 13.0. The van der Waals surface area contributed by atoms with Crippen LogP contribution in [0.2, 0.25) is 0 Å². The smallest absolute Gasteiger partial charge is 0.327 e. The number of nitrogens with one attached hydrogen (secondary N) is 11. The number of aromatic nitrogens is 3. The van der Waals surface area contributed by atoms with E-state index in [0.717, 1.165) is 9.80 Å². The van der Waals surface area contributed by atoms with Crippen LogP contribution in [0.5, 0.6) is 0 Å². The number of para-hydroxylation sites is 1. The number of benzene rings is 2. The second-order valence-corrected chi connectivity index (χ2v) is 27.5. The largest absolute Gasteiger partial charge is 0.480 e. The SMILES string of the molecule is CC(C)C[C@H](NC(=O)[C@H](CS)NC(=O)CN(CCN(CCN(CC(=O)O)CC(=O)O)CC(=O)O)CC(=O)O)C(=O)N1CCC[C@H]1C(=O)NCC(=O)N[C@@H](Cc1cnc[nH]1)C(=O)N[C@@H](Cc1c[nH]c2ccccc12)C(=O)NCC(=O)N[C@@H](Cc1ccccc1)C(=O)N1CCC[C@H]1C(=O)N[C@@H](CO)C(=O)N[C@@H](CS)C(=O)O.[99Tc]. The summed E-state index contributed by atoms with van der Waals surface area (Å²) in [6.07, 6.45) is 4.73. The van der Waals surface area contributed by atoms with Crippen LogP contribution < -0.4 is 47.9 Å². The van der Waals surface area contributed by atoms with E-state index in [1.807, 2.05) is 0 Å². The molecule has 9 atom stereocenters. The van der Waals surface area contributed by atoms with Gasteiger partial charge in [-0.25, -0.2) is 9.78 Å². The Morgan fingerprint density at radius 1 is 0.514 bits per heavy atom. The predicted octanol–water partition coefficient (Wildman–Crippen LogP) is -5.25. The molecule has 39 nitrogen and oxygen atoms in total. The number of likely N-dealkylation sites (tertiary alicyclic amines) is 2. The topological polar surface area (TPSA) is 563 Å². The molecule has 2 aromatic heterocycles. The Labute approximate surface area is 661 Å². The fourth-order valence-electron chi connectivity index (χ4n) is 12.5. The van der Waals surface area contributed by atoms with Crippen LogP contribution in [0, 0.1) is 5.92 Å². The van der Waals surface area contributed by atoms with E-state index < -0.39 is 202 Å². The molecule has 17 N–H and O–H groups in total. The van der Waals surface area contributed by atoms with Crippen molar-refractivity contribution >= 4 is 131 Å². The van der Waals surface area contributed by atoms with Gasteiger partial charge < -0.3 is 98.3 Å². The number of carboxylic acids is 5. The summed E-state index contributed by atoms with van der Waals surface area (Å²) in [5.74, 6) is -16.9. The molecule has 607 valence electrons. The number of aliphatic hydroxyl groups is 1. The van der Waals surface area contributed by atoms with Gasteiger partial charge in [-0.1, -0.05) is 62.4 Å². The van der Waals surface area contributed by atoms with Gasteiger partial charge in [0.05, 0.1) is 58.7 Å². The number of fused-ring (bicyclic) bond motifs is 1. The first-order chi connectivity index (χ1) is 52.4. The van der Waals surface area contributed by atoms with Crippen LogP contribution in [-0.2, 0) is 116 Å². The number of amides is 11. The summed E-state index contributed by atoms with van der Waals surface area (Å²) < 4.78 is 0. The van der Waals surface area contributed by atoms with Gasteiger partial charge in [-0.2, -0.15) is 25.3 Å². The summed E-state index contributed by atoms with van der Waals surface area (Å²) in [5.41, 5.74) is 2.18. The van der Waals surface area contributed by atoms with Crippen molar-refractivity contribution in [2.24, 2.45) is 5.92 Å². The molecule has 0 bridgehead atoms. The molecule has 1 radical (unpaired) electrons. The van der Waals surface area contributed by atoms with E-state index in [-0.39, 0.29) is 115 Å². The second kappa shape index (κ2) is 45.9. The Hall–Kier alpha value is -10.1. The van der Waals surface area contributed by atoms with E-state index in [9.17, 15) is 107 Å². The van der Waals surface area contributed by atoms with Crippen LogP contribution in [0.1, 0.15) is 62.8 Å². The molecule has 2 aliphatic rings. The van der Waals surface area contributed by atoms with Crippen molar-refractivity contribution in [2.75, 3.05) is 103 Å². The average molecular weight is 1680 g/mol. The number of carbonyl (C=O) groups is 16. The number of H-pyrrole nitrogens is 2. The molecule has 0 saturated carbocycles. The van der Waals surface area contributed by atoms with Gasteiger partial charge in [0.1, 0.15) is 54.4 Å². The molecule has 0 aliphatic carbocycles. The van der Waals surface area contributed by atoms with Crippen molar-refractivity contribution in [2.45, 2.75) is 120 Å². The molecule has 6 rings (SSSR count). The Bertz CT molecular complexity index is 3880. The van der Waals surface area contributed by atoms with Crippen molar-refractivity contribution in [3.05, 3.63) is 90.1 Å². The fraction of sp³-hybridized carbons (Fsp3) is 0.522. The first kappa shape index (κ1) is 91.5. The maximum atomic E-state index is 14.7. The molecule has 2 saturated heterocycles. The molecule has 2 aromatic carbocycles. The van der Waals surface area contributed by atoms with Crippen LogP contribution in [0.3, 0.4) is 0 Å². The number of aliphatic hydroxyl groups excluding tert-OH is 1. The van der Waals surface area contributed by atoms with E-state index in [0.29, 0.717) is 40.6 Å². The third-order valence-electron chi connectivity index (χ3n) is 17.8. The molecule has 42 heteroatoms. The molecule has 4 heterocycles. The number of thiol groups is 2. The number of nitrogens with zero attached hydrogens (tertiary/aromatic N) is 6. The molecular formula is C69H95N17O22S2Tc. The van der Waals surface area contributed by atoms with Crippen LogP contribution in [0.25, 0.3) is 10.9 Å². The first-order valence-electron chi connectivity index (χ1n) is 35.3. The molecule has 0 unspecified atom stereocenters. The Balaban J connectivity index is 0.0000220. The molecule has 111 heavy (non-hydrogen) atoms. The first-order valence-corrected chi connectivity index (χ1v) is 36.5. The number of carboxylic acid groups (broad SMARTS) is 5. The number of rotatable bonds is 47. The van der Waals surface area contributed by atoms with Crippen LogP contribution >= 0.6 is 25.3 Å². The van der Waals surface area contributed by atoms with Crippen molar-refractivity contribution in [3.63, 3.8) is 0 Å². The summed E-state index contributed by atoms with van der Waals surface area (Å²) in [6, 6.07) is 3.23. The van der Waals surface area contributed by atoms with Gasteiger partial charge in [-0.3, -0.25) is 86.6 Å². The molecule has 0 spiro atoms. The number of hydrogen-bond donors (Lipinski definition) is 19. The van der Waals surface area contributed by atoms with Gasteiger partial charge in [0.2, 0.25) is 65.0 Å². The van der Waals surface area contributed by atoms with Gasteiger partial charge in [-0.05, 0) is 55.2 Å². The molecular weight excluding hydrogens is 1580 g/mol. The van der Waals surface area contributed by atoms with E-state index in [4.69, 9.17) is 0 Å². The second-order valence-electron chi connectivity index (χ2n) is 26.7. The zero-order valence-electron chi connectivity index (χ0n) is 60.8. The van der Waals surface area contributed by atoms with Crippen LogP contribution in [0.15, 0.2) is 73.3 Å². The number of aliphatic carboxylic acids is 5.